The van der Waals surface area contributed by atoms with Gasteiger partial charge in [0.05, 0.1) is 24.9 Å². The average Bonchev–Trinajstić information content (AvgIpc) is 3.26. The third kappa shape index (κ3) is 5.67. The first kappa shape index (κ1) is 23.3. The van der Waals surface area contributed by atoms with Crippen molar-refractivity contribution >= 4 is 46.4 Å². The van der Waals surface area contributed by atoms with Crippen LogP contribution in [0.25, 0.3) is 10.9 Å². The molecule has 0 spiro atoms. The molecule has 0 saturated carbocycles. The molecule has 1 saturated heterocycles. The van der Waals surface area contributed by atoms with Crippen LogP contribution in [0, 0.1) is 5.82 Å². The fraction of sp³-hybridized carbons (Fsp3) is 0.364. The van der Waals surface area contributed by atoms with Crippen molar-refractivity contribution in [3.63, 3.8) is 0 Å². The quantitative estimate of drug-likeness (QED) is 0.444. The number of hydrogen-bond donors (Lipinski definition) is 1. The number of aromatic nitrogens is 2. The van der Waals surface area contributed by atoms with Crippen molar-refractivity contribution in [1.29, 1.82) is 0 Å². The molecule has 166 valence electrons. The summed E-state index contributed by atoms with van der Waals surface area (Å²) in [6.07, 6.45) is 4.96. The van der Waals surface area contributed by atoms with Crippen LogP contribution < -0.4 is 14.8 Å². The van der Waals surface area contributed by atoms with E-state index in [0.717, 1.165) is 13.0 Å². The number of hydrogen-bond acceptors (Lipinski definition) is 6. The molecule has 1 N–H and O–H groups in total. The summed E-state index contributed by atoms with van der Waals surface area (Å²) in [7, 11) is 1.59. The number of halogens is 3. The molecule has 9 heteroatoms. The molecule has 0 atom stereocenters. The zero-order valence-electron chi connectivity index (χ0n) is 17.2. The summed E-state index contributed by atoms with van der Waals surface area (Å²) in [5.74, 6) is 1.23. The van der Waals surface area contributed by atoms with Gasteiger partial charge in [-0.05, 0) is 56.6 Å². The molecule has 0 radical (unpaired) electrons. The third-order valence-electron chi connectivity index (χ3n) is 5.18. The van der Waals surface area contributed by atoms with E-state index in [1.54, 1.807) is 25.3 Å². The van der Waals surface area contributed by atoms with E-state index in [1.165, 1.54) is 38.3 Å². The fourth-order valence-electron chi connectivity index (χ4n) is 3.63. The Morgan fingerprint density at radius 1 is 1.13 bits per heavy atom. The van der Waals surface area contributed by atoms with Gasteiger partial charge in [0.2, 0.25) is 0 Å². The van der Waals surface area contributed by atoms with Gasteiger partial charge in [0, 0.05) is 23.0 Å². The Labute approximate surface area is 192 Å². The summed E-state index contributed by atoms with van der Waals surface area (Å²) >= 11 is 5.83. The normalized spacial score (nSPS) is 13.8. The third-order valence-corrected chi connectivity index (χ3v) is 5.41. The zero-order chi connectivity index (χ0) is 20.9. The van der Waals surface area contributed by atoms with Crippen molar-refractivity contribution in [1.82, 2.24) is 14.9 Å². The summed E-state index contributed by atoms with van der Waals surface area (Å²) in [4.78, 5) is 11.1. The molecule has 2 aromatic carbocycles. The molecule has 2 heterocycles. The molecule has 6 nitrogen and oxygen atoms in total. The molecule has 3 aromatic rings. The summed E-state index contributed by atoms with van der Waals surface area (Å²) in [6, 6.07) is 8.07. The molecule has 0 bridgehead atoms. The van der Waals surface area contributed by atoms with Crippen molar-refractivity contribution < 1.29 is 13.9 Å². The topological polar surface area (TPSA) is 59.5 Å². The van der Waals surface area contributed by atoms with Crippen molar-refractivity contribution in [2.45, 2.75) is 19.3 Å². The SMILES string of the molecule is COc1cc2c(Nc3ccc(Cl)cc3F)ncnc2cc1OCCCN1CCCC1.Cl. The van der Waals surface area contributed by atoms with Crippen LogP contribution >= 0.6 is 24.0 Å². The summed E-state index contributed by atoms with van der Waals surface area (Å²) in [5.41, 5.74) is 0.956. The minimum atomic E-state index is -0.459. The van der Waals surface area contributed by atoms with E-state index in [-0.39, 0.29) is 18.1 Å². The lowest BCUT2D eigenvalue weighted by molar-refractivity contribution is 0.254. The highest BCUT2D eigenvalue weighted by Crippen LogP contribution is 2.35. The monoisotopic (exact) mass is 466 g/mol. The van der Waals surface area contributed by atoms with E-state index in [0.29, 0.717) is 39.8 Å². The summed E-state index contributed by atoms with van der Waals surface area (Å²) < 4.78 is 25.7. The Balaban J connectivity index is 0.00000272. The van der Waals surface area contributed by atoms with Crippen LogP contribution in [0.15, 0.2) is 36.7 Å². The van der Waals surface area contributed by atoms with Gasteiger partial charge in [-0.1, -0.05) is 11.6 Å². The number of rotatable bonds is 8. The highest BCUT2D eigenvalue weighted by molar-refractivity contribution is 6.30. The zero-order valence-corrected chi connectivity index (χ0v) is 18.8. The highest BCUT2D eigenvalue weighted by atomic mass is 35.5. The van der Waals surface area contributed by atoms with Gasteiger partial charge in [0.25, 0.3) is 0 Å². The van der Waals surface area contributed by atoms with Crippen LogP contribution in [0.3, 0.4) is 0 Å². The molecule has 0 amide bonds. The smallest absolute Gasteiger partial charge is 0.163 e. The van der Waals surface area contributed by atoms with Gasteiger partial charge in [-0.25, -0.2) is 14.4 Å². The second kappa shape index (κ2) is 10.8. The molecule has 1 aliphatic rings. The van der Waals surface area contributed by atoms with Crippen LogP contribution in [0.5, 0.6) is 11.5 Å². The minimum Gasteiger partial charge on any atom is -0.493 e. The first-order valence-electron chi connectivity index (χ1n) is 10.0. The van der Waals surface area contributed by atoms with E-state index in [4.69, 9.17) is 21.1 Å². The predicted molar refractivity (Wildman–Crippen MR) is 124 cm³/mol. The fourth-order valence-corrected chi connectivity index (χ4v) is 3.79. The van der Waals surface area contributed by atoms with Crippen molar-refractivity contribution in [2.75, 3.05) is 38.7 Å². The Hall–Kier alpha value is -2.35. The van der Waals surface area contributed by atoms with Gasteiger partial charge >= 0.3 is 0 Å². The van der Waals surface area contributed by atoms with Gasteiger partial charge in [0.1, 0.15) is 18.0 Å². The van der Waals surface area contributed by atoms with Crippen LogP contribution in [0.2, 0.25) is 5.02 Å². The van der Waals surface area contributed by atoms with Crippen LogP contribution in [-0.2, 0) is 0 Å². The standard InChI is InChI=1S/C22H24ClFN4O2.ClH/c1-29-20-12-16-19(13-21(20)30-10-4-9-28-7-2-3-8-28)25-14-26-22(16)27-18-6-5-15(23)11-17(18)24;/h5-6,11-14H,2-4,7-10H2,1H3,(H,25,26,27);1H. The first-order chi connectivity index (χ1) is 14.6. The van der Waals surface area contributed by atoms with E-state index in [1.807, 2.05) is 6.07 Å². The minimum absolute atomic E-state index is 0. The molecule has 1 fully saturated rings. The number of nitrogens with one attached hydrogen (secondary N) is 1. The maximum Gasteiger partial charge on any atom is 0.163 e. The van der Waals surface area contributed by atoms with Crippen molar-refractivity contribution in [3.8, 4) is 11.5 Å². The molecule has 31 heavy (non-hydrogen) atoms. The maximum atomic E-state index is 14.2. The van der Waals surface area contributed by atoms with Crippen LogP contribution in [0.1, 0.15) is 19.3 Å². The molecule has 1 aliphatic heterocycles. The van der Waals surface area contributed by atoms with Gasteiger partial charge in [0.15, 0.2) is 11.5 Å². The van der Waals surface area contributed by atoms with Crippen LogP contribution in [0.4, 0.5) is 15.9 Å². The lowest BCUT2D eigenvalue weighted by Crippen LogP contribution is -2.21. The lowest BCUT2D eigenvalue weighted by Gasteiger charge is -2.16. The number of anilines is 2. The number of methoxy groups -OCH3 is 1. The number of benzene rings is 2. The number of ether oxygens (including phenoxy) is 2. The van der Waals surface area contributed by atoms with Crippen molar-refractivity contribution in [2.24, 2.45) is 0 Å². The number of fused-ring (bicyclic) bond motifs is 1. The maximum absolute atomic E-state index is 14.2. The highest BCUT2D eigenvalue weighted by Gasteiger charge is 2.14. The van der Waals surface area contributed by atoms with Crippen LogP contribution in [-0.4, -0.2) is 48.2 Å². The van der Waals surface area contributed by atoms with Gasteiger partial charge < -0.3 is 19.7 Å². The largest absolute Gasteiger partial charge is 0.493 e. The molecular formula is C22H25Cl2FN4O2. The molecule has 4 rings (SSSR count). The van der Waals surface area contributed by atoms with Gasteiger partial charge in [-0.2, -0.15) is 0 Å². The van der Waals surface area contributed by atoms with E-state index >= 15 is 0 Å². The number of likely N-dealkylation sites (tertiary alicyclic amines) is 1. The Bertz CT molecular complexity index is 1030. The van der Waals surface area contributed by atoms with Crippen molar-refractivity contribution in [3.05, 3.63) is 47.5 Å². The van der Waals surface area contributed by atoms with E-state index in [9.17, 15) is 4.39 Å². The first-order valence-corrected chi connectivity index (χ1v) is 10.4. The Morgan fingerprint density at radius 2 is 1.94 bits per heavy atom. The van der Waals surface area contributed by atoms with E-state index < -0.39 is 5.82 Å². The summed E-state index contributed by atoms with van der Waals surface area (Å²) in [5, 5.41) is 4.04. The Morgan fingerprint density at radius 3 is 2.68 bits per heavy atom. The molecule has 1 aromatic heterocycles. The molecule has 0 aliphatic carbocycles. The van der Waals surface area contributed by atoms with Gasteiger partial charge in [-0.3, -0.25) is 0 Å². The van der Waals surface area contributed by atoms with E-state index in [2.05, 4.69) is 20.2 Å². The lowest BCUT2D eigenvalue weighted by atomic mass is 10.2. The summed E-state index contributed by atoms with van der Waals surface area (Å²) in [6.45, 7) is 4.00. The average molecular weight is 467 g/mol. The number of nitrogens with zero attached hydrogens (tertiary/aromatic N) is 3. The second-order valence-corrected chi connectivity index (χ2v) is 7.68. The second-order valence-electron chi connectivity index (χ2n) is 7.24. The van der Waals surface area contributed by atoms with Gasteiger partial charge in [-0.15, -0.1) is 12.4 Å². The Kier molecular flexibility index (Phi) is 8.12. The predicted octanol–water partition coefficient (Wildman–Crippen LogP) is 5.46. The molecule has 0 unspecified atom stereocenters. The molecular weight excluding hydrogens is 442 g/mol.